The van der Waals surface area contributed by atoms with E-state index in [9.17, 15) is 0 Å². The summed E-state index contributed by atoms with van der Waals surface area (Å²) in [4.78, 5) is 0. The first kappa shape index (κ1) is 16.2. The normalized spacial score (nSPS) is 11.4. The predicted octanol–water partition coefficient (Wildman–Crippen LogP) is 4.90. The molecule has 0 spiro atoms. The quantitative estimate of drug-likeness (QED) is 0.601. The first-order chi connectivity index (χ1) is 9.21. The van der Waals surface area contributed by atoms with Gasteiger partial charge in [-0.05, 0) is 43.7 Å². The number of hydrogen-bond acceptors (Lipinski definition) is 2. The third-order valence-electron chi connectivity index (χ3n) is 3.82. The lowest BCUT2D eigenvalue weighted by Gasteiger charge is -2.29. The van der Waals surface area contributed by atoms with E-state index in [-0.39, 0.29) is 5.41 Å². The van der Waals surface area contributed by atoms with Gasteiger partial charge in [0.1, 0.15) is 0 Å². The molecule has 0 aliphatic carbocycles. The smallest absolute Gasteiger partial charge is 0.161 e. The molecular weight excluding hydrogens is 260 g/mol. The van der Waals surface area contributed by atoms with E-state index in [1.807, 2.05) is 31.2 Å². The van der Waals surface area contributed by atoms with Crippen LogP contribution in [-0.4, -0.2) is 19.1 Å². The van der Waals surface area contributed by atoms with Crippen LogP contribution in [0.1, 0.15) is 40.0 Å². The fourth-order valence-corrected chi connectivity index (χ4v) is 2.59. The summed E-state index contributed by atoms with van der Waals surface area (Å²) >= 11 is 6.11. The van der Waals surface area contributed by atoms with Crippen LogP contribution in [0.25, 0.3) is 0 Å². The average Bonchev–Trinajstić information content (AvgIpc) is 2.46. The molecule has 19 heavy (non-hydrogen) atoms. The summed E-state index contributed by atoms with van der Waals surface area (Å²) in [5, 5.41) is 0. The highest BCUT2D eigenvalue weighted by molar-refractivity contribution is 6.18. The first-order valence-corrected chi connectivity index (χ1v) is 7.65. The molecule has 3 heteroatoms. The molecule has 0 radical (unpaired) electrons. The SMILES string of the molecule is CCOc1ccccc1OCCC(CC)(CC)CCl. The Labute approximate surface area is 122 Å². The molecule has 108 valence electrons. The van der Waals surface area contributed by atoms with Crippen molar-refractivity contribution in [2.24, 2.45) is 5.41 Å². The molecule has 0 atom stereocenters. The number of hydrogen-bond donors (Lipinski definition) is 0. The molecule has 0 fully saturated rings. The molecule has 0 N–H and O–H groups in total. The summed E-state index contributed by atoms with van der Waals surface area (Å²) in [6.07, 6.45) is 3.15. The minimum atomic E-state index is 0.197. The van der Waals surface area contributed by atoms with Gasteiger partial charge in [-0.15, -0.1) is 11.6 Å². The van der Waals surface area contributed by atoms with Crippen molar-refractivity contribution in [1.82, 2.24) is 0 Å². The first-order valence-electron chi connectivity index (χ1n) is 7.12. The minimum absolute atomic E-state index is 0.197. The monoisotopic (exact) mass is 284 g/mol. The maximum atomic E-state index is 6.11. The number of ether oxygens (including phenoxy) is 2. The Morgan fingerprint density at radius 3 is 2.05 bits per heavy atom. The van der Waals surface area contributed by atoms with Crippen LogP contribution in [0.15, 0.2) is 24.3 Å². The molecule has 0 amide bonds. The fraction of sp³-hybridized carbons (Fsp3) is 0.625. The van der Waals surface area contributed by atoms with Crippen molar-refractivity contribution < 1.29 is 9.47 Å². The molecule has 0 aliphatic rings. The van der Waals surface area contributed by atoms with E-state index in [1.54, 1.807) is 0 Å². The second kappa shape index (κ2) is 8.31. The third kappa shape index (κ3) is 4.61. The number of rotatable bonds is 9. The van der Waals surface area contributed by atoms with Crippen LogP contribution < -0.4 is 9.47 Å². The van der Waals surface area contributed by atoms with E-state index in [0.717, 1.165) is 30.8 Å². The van der Waals surface area contributed by atoms with E-state index in [1.165, 1.54) is 0 Å². The molecule has 0 unspecified atom stereocenters. The summed E-state index contributed by atoms with van der Waals surface area (Å²) in [6.45, 7) is 7.69. The van der Waals surface area contributed by atoms with Crippen LogP contribution in [-0.2, 0) is 0 Å². The van der Waals surface area contributed by atoms with Crippen molar-refractivity contribution in [3.8, 4) is 11.5 Å². The van der Waals surface area contributed by atoms with Gasteiger partial charge in [0.05, 0.1) is 13.2 Å². The van der Waals surface area contributed by atoms with Gasteiger partial charge in [0, 0.05) is 5.88 Å². The van der Waals surface area contributed by atoms with E-state index in [2.05, 4.69) is 13.8 Å². The zero-order valence-corrected chi connectivity index (χ0v) is 13.0. The lowest BCUT2D eigenvalue weighted by atomic mass is 9.81. The van der Waals surface area contributed by atoms with Crippen molar-refractivity contribution >= 4 is 11.6 Å². The van der Waals surface area contributed by atoms with E-state index in [4.69, 9.17) is 21.1 Å². The van der Waals surface area contributed by atoms with Gasteiger partial charge in [0.2, 0.25) is 0 Å². The average molecular weight is 285 g/mol. The van der Waals surface area contributed by atoms with E-state index >= 15 is 0 Å². The number of halogens is 1. The van der Waals surface area contributed by atoms with Crippen LogP contribution in [0.5, 0.6) is 11.5 Å². The van der Waals surface area contributed by atoms with Gasteiger partial charge in [0.25, 0.3) is 0 Å². The summed E-state index contributed by atoms with van der Waals surface area (Å²) in [5.41, 5.74) is 0.197. The van der Waals surface area contributed by atoms with Crippen molar-refractivity contribution in [3.05, 3.63) is 24.3 Å². The van der Waals surface area contributed by atoms with Gasteiger partial charge in [-0.25, -0.2) is 0 Å². The molecular formula is C16H25ClO2. The van der Waals surface area contributed by atoms with Crippen molar-refractivity contribution in [2.45, 2.75) is 40.0 Å². The fourth-order valence-electron chi connectivity index (χ4n) is 2.08. The zero-order chi connectivity index (χ0) is 14.1. The van der Waals surface area contributed by atoms with Crippen LogP contribution in [0, 0.1) is 5.41 Å². The van der Waals surface area contributed by atoms with Crippen LogP contribution in [0.2, 0.25) is 0 Å². The maximum Gasteiger partial charge on any atom is 0.161 e. The largest absolute Gasteiger partial charge is 0.490 e. The molecule has 1 aromatic carbocycles. The van der Waals surface area contributed by atoms with Crippen molar-refractivity contribution in [2.75, 3.05) is 19.1 Å². The Morgan fingerprint density at radius 2 is 1.58 bits per heavy atom. The molecule has 0 saturated heterocycles. The minimum Gasteiger partial charge on any atom is -0.490 e. The predicted molar refractivity (Wildman–Crippen MR) is 81.5 cm³/mol. The molecule has 1 rings (SSSR count). The number of para-hydroxylation sites is 2. The molecule has 0 saturated carbocycles. The van der Waals surface area contributed by atoms with Gasteiger partial charge in [-0.3, -0.25) is 0 Å². The third-order valence-corrected chi connectivity index (χ3v) is 4.39. The van der Waals surface area contributed by atoms with Crippen molar-refractivity contribution in [1.29, 1.82) is 0 Å². The van der Waals surface area contributed by atoms with Crippen LogP contribution in [0.4, 0.5) is 0 Å². The highest BCUT2D eigenvalue weighted by Crippen LogP contribution is 2.33. The molecule has 0 aliphatic heterocycles. The highest BCUT2D eigenvalue weighted by atomic mass is 35.5. The zero-order valence-electron chi connectivity index (χ0n) is 12.2. The molecule has 0 heterocycles. The molecule has 1 aromatic rings. The van der Waals surface area contributed by atoms with Gasteiger partial charge in [-0.2, -0.15) is 0 Å². The summed E-state index contributed by atoms with van der Waals surface area (Å²) in [5.74, 6) is 2.32. The second-order valence-corrected chi connectivity index (χ2v) is 5.09. The van der Waals surface area contributed by atoms with Gasteiger partial charge in [0.15, 0.2) is 11.5 Å². The Balaban J connectivity index is 2.57. The Kier molecular flexibility index (Phi) is 7.07. The highest BCUT2D eigenvalue weighted by Gasteiger charge is 2.24. The lowest BCUT2D eigenvalue weighted by molar-refractivity contribution is 0.196. The number of alkyl halides is 1. The molecule has 2 nitrogen and oxygen atoms in total. The van der Waals surface area contributed by atoms with Gasteiger partial charge in [-0.1, -0.05) is 26.0 Å². The number of benzene rings is 1. The summed E-state index contributed by atoms with van der Waals surface area (Å²) in [7, 11) is 0. The molecule has 0 aromatic heterocycles. The van der Waals surface area contributed by atoms with Crippen molar-refractivity contribution in [3.63, 3.8) is 0 Å². The van der Waals surface area contributed by atoms with E-state index in [0.29, 0.717) is 19.1 Å². The second-order valence-electron chi connectivity index (χ2n) is 4.82. The van der Waals surface area contributed by atoms with Gasteiger partial charge >= 0.3 is 0 Å². The maximum absolute atomic E-state index is 6.11. The Bertz CT molecular complexity index is 353. The lowest BCUT2D eigenvalue weighted by Crippen LogP contribution is -2.24. The Hall–Kier alpha value is -0.890. The van der Waals surface area contributed by atoms with Gasteiger partial charge < -0.3 is 9.47 Å². The molecule has 0 bridgehead atoms. The summed E-state index contributed by atoms with van der Waals surface area (Å²) < 4.78 is 11.4. The van der Waals surface area contributed by atoms with Crippen LogP contribution >= 0.6 is 11.6 Å². The Morgan fingerprint density at radius 1 is 1.00 bits per heavy atom. The standard InChI is InChI=1S/C16H25ClO2/c1-4-16(5-2,13-17)11-12-19-15-10-8-7-9-14(15)18-6-3/h7-10H,4-6,11-13H2,1-3H3. The van der Waals surface area contributed by atoms with E-state index < -0.39 is 0 Å². The summed E-state index contributed by atoms with van der Waals surface area (Å²) in [6, 6.07) is 7.81. The van der Waals surface area contributed by atoms with Crippen LogP contribution in [0.3, 0.4) is 0 Å². The topological polar surface area (TPSA) is 18.5 Å².